The lowest BCUT2D eigenvalue weighted by molar-refractivity contribution is 0.440. The molecule has 0 spiro atoms. The smallest absolute Gasteiger partial charge is 0.194 e. The molecular formula is C10H10F3N. The lowest BCUT2D eigenvalue weighted by atomic mass is 10.1. The topological polar surface area (TPSA) is 26.0 Å². The van der Waals surface area contributed by atoms with Crippen molar-refractivity contribution in [1.82, 2.24) is 0 Å². The molecule has 1 aromatic rings. The van der Waals surface area contributed by atoms with Gasteiger partial charge in [0, 0.05) is 0 Å². The van der Waals surface area contributed by atoms with Gasteiger partial charge in [-0.05, 0) is 36.4 Å². The van der Waals surface area contributed by atoms with Crippen molar-refractivity contribution >= 4 is 0 Å². The van der Waals surface area contributed by atoms with Crippen molar-refractivity contribution in [3.63, 3.8) is 0 Å². The van der Waals surface area contributed by atoms with Gasteiger partial charge in [0.15, 0.2) is 17.5 Å². The van der Waals surface area contributed by atoms with Crippen molar-refractivity contribution < 1.29 is 13.2 Å². The van der Waals surface area contributed by atoms with Gasteiger partial charge in [-0.3, -0.25) is 0 Å². The number of nitrogens with two attached hydrogens (primary N) is 1. The van der Waals surface area contributed by atoms with Crippen molar-refractivity contribution in [2.24, 2.45) is 11.7 Å². The molecule has 1 nitrogen and oxygen atoms in total. The van der Waals surface area contributed by atoms with E-state index in [-0.39, 0.29) is 17.4 Å². The molecule has 1 saturated carbocycles. The lowest BCUT2D eigenvalue weighted by Crippen LogP contribution is -2.03. The van der Waals surface area contributed by atoms with Gasteiger partial charge in [0.05, 0.1) is 0 Å². The second kappa shape index (κ2) is 3.28. The standard InChI is InChI=1S/C10H10F3N/c11-8-2-1-6(9(12)10(8)13)7-3-5(7)4-14/h1-2,5,7H,3-4,14H2. The largest absolute Gasteiger partial charge is 0.330 e. The van der Waals surface area contributed by atoms with Gasteiger partial charge in [-0.25, -0.2) is 13.2 Å². The van der Waals surface area contributed by atoms with Gasteiger partial charge in [-0.1, -0.05) is 6.07 Å². The zero-order valence-corrected chi connectivity index (χ0v) is 7.43. The Labute approximate surface area is 79.7 Å². The third-order valence-electron chi connectivity index (χ3n) is 2.69. The summed E-state index contributed by atoms with van der Waals surface area (Å²) < 4.78 is 38.6. The number of rotatable bonds is 2. The summed E-state index contributed by atoms with van der Waals surface area (Å²) in [6.45, 7) is 0.461. The van der Waals surface area contributed by atoms with Crippen LogP contribution in [0.5, 0.6) is 0 Å². The average Bonchev–Trinajstić information content (AvgIpc) is 2.94. The second-order valence-corrected chi connectivity index (χ2v) is 3.60. The van der Waals surface area contributed by atoms with Crippen LogP contribution in [0, 0.1) is 23.4 Å². The van der Waals surface area contributed by atoms with Crippen LogP contribution >= 0.6 is 0 Å². The minimum Gasteiger partial charge on any atom is -0.330 e. The first-order valence-corrected chi connectivity index (χ1v) is 4.48. The maximum Gasteiger partial charge on any atom is 0.194 e. The van der Waals surface area contributed by atoms with Gasteiger partial charge in [-0.15, -0.1) is 0 Å². The average molecular weight is 201 g/mol. The highest BCUT2D eigenvalue weighted by Gasteiger charge is 2.39. The molecule has 2 atom stereocenters. The number of halogens is 3. The fourth-order valence-corrected chi connectivity index (χ4v) is 1.72. The highest BCUT2D eigenvalue weighted by Crippen LogP contribution is 2.47. The highest BCUT2D eigenvalue weighted by molar-refractivity contribution is 5.29. The van der Waals surface area contributed by atoms with Crippen LogP contribution < -0.4 is 5.73 Å². The van der Waals surface area contributed by atoms with Gasteiger partial charge >= 0.3 is 0 Å². The van der Waals surface area contributed by atoms with E-state index in [4.69, 9.17) is 5.73 Å². The SMILES string of the molecule is NCC1CC1c1ccc(F)c(F)c1F. The van der Waals surface area contributed by atoms with Gasteiger partial charge in [0.2, 0.25) is 0 Å². The molecule has 0 amide bonds. The van der Waals surface area contributed by atoms with Crippen molar-refractivity contribution in [2.75, 3.05) is 6.54 Å². The van der Waals surface area contributed by atoms with Gasteiger partial charge in [-0.2, -0.15) is 0 Å². The van der Waals surface area contributed by atoms with Gasteiger partial charge in [0.25, 0.3) is 0 Å². The van der Waals surface area contributed by atoms with Crippen molar-refractivity contribution in [2.45, 2.75) is 12.3 Å². The van der Waals surface area contributed by atoms with E-state index in [2.05, 4.69) is 0 Å². The molecule has 1 aromatic carbocycles. The highest BCUT2D eigenvalue weighted by atomic mass is 19.2. The number of hydrogen-bond acceptors (Lipinski definition) is 1. The molecule has 14 heavy (non-hydrogen) atoms. The van der Waals surface area contributed by atoms with E-state index >= 15 is 0 Å². The van der Waals surface area contributed by atoms with Crippen LogP contribution in [0.3, 0.4) is 0 Å². The van der Waals surface area contributed by atoms with E-state index in [1.54, 1.807) is 0 Å². The normalized spacial score (nSPS) is 25.1. The van der Waals surface area contributed by atoms with E-state index in [9.17, 15) is 13.2 Å². The van der Waals surface area contributed by atoms with E-state index < -0.39 is 17.5 Å². The molecule has 76 valence electrons. The second-order valence-electron chi connectivity index (χ2n) is 3.60. The molecule has 2 unspecified atom stereocenters. The summed E-state index contributed by atoms with van der Waals surface area (Å²) >= 11 is 0. The van der Waals surface area contributed by atoms with Crippen LogP contribution in [0.4, 0.5) is 13.2 Å². The summed E-state index contributed by atoms with van der Waals surface area (Å²) in [6, 6.07) is 2.26. The van der Waals surface area contributed by atoms with Crippen LogP contribution in [-0.2, 0) is 0 Å². The van der Waals surface area contributed by atoms with E-state index in [1.807, 2.05) is 0 Å². The van der Waals surface area contributed by atoms with Crippen LogP contribution in [0.1, 0.15) is 17.9 Å². The Kier molecular flexibility index (Phi) is 2.23. The van der Waals surface area contributed by atoms with Crippen molar-refractivity contribution in [3.05, 3.63) is 35.1 Å². The van der Waals surface area contributed by atoms with Crippen molar-refractivity contribution in [1.29, 1.82) is 0 Å². The Hall–Kier alpha value is -1.03. The first-order chi connectivity index (χ1) is 6.65. The molecule has 4 heteroatoms. The van der Waals surface area contributed by atoms with Gasteiger partial charge < -0.3 is 5.73 Å². The minimum atomic E-state index is -1.38. The third kappa shape index (κ3) is 1.39. The van der Waals surface area contributed by atoms with Crippen LogP contribution in [-0.4, -0.2) is 6.54 Å². The monoisotopic (exact) mass is 201 g/mol. The molecule has 1 aliphatic carbocycles. The molecule has 1 aliphatic rings. The molecule has 0 aliphatic heterocycles. The Morgan fingerprint density at radius 2 is 1.93 bits per heavy atom. The maximum absolute atomic E-state index is 13.2. The minimum absolute atomic E-state index is 0.0323. The fraction of sp³-hybridized carbons (Fsp3) is 0.400. The Balaban J connectivity index is 2.32. The third-order valence-corrected chi connectivity index (χ3v) is 2.69. The van der Waals surface area contributed by atoms with E-state index in [0.29, 0.717) is 6.54 Å². The number of hydrogen-bond donors (Lipinski definition) is 1. The number of benzene rings is 1. The molecule has 1 fully saturated rings. The summed E-state index contributed by atoms with van der Waals surface area (Å²) in [5.74, 6) is -3.41. The van der Waals surface area contributed by atoms with Crippen LogP contribution in [0.2, 0.25) is 0 Å². The molecule has 0 heterocycles. The summed E-state index contributed by atoms with van der Waals surface area (Å²) in [5, 5.41) is 0. The lowest BCUT2D eigenvalue weighted by Gasteiger charge is -2.03. The predicted octanol–water partition coefficient (Wildman–Crippen LogP) is 2.17. The van der Waals surface area contributed by atoms with Crippen molar-refractivity contribution in [3.8, 4) is 0 Å². The molecule has 2 rings (SSSR count). The molecule has 0 saturated heterocycles. The first kappa shape index (κ1) is 9.52. The molecule has 2 N–H and O–H groups in total. The summed E-state index contributed by atoms with van der Waals surface area (Å²) in [4.78, 5) is 0. The van der Waals surface area contributed by atoms with Crippen LogP contribution in [0.25, 0.3) is 0 Å². The molecule has 0 radical (unpaired) electrons. The molecular weight excluding hydrogens is 191 g/mol. The molecule has 0 bridgehead atoms. The van der Waals surface area contributed by atoms with Crippen LogP contribution in [0.15, 0.2) is 12.1 Å². The zero-order valence-electron chi connectivity index (χ0n) is 7.43. The van der Waals surface area contributed by atoms with Gasteiger partial charge in [0.1, 0.15) is 0 Å². The fourth-order valence-electron chi connectivity index (χ4n) is 1.72. The summed E-state index contributed by atoms with van der Waals surface area (Å²) in [6.07, 6.45) is 0.762. The summed E-state index contributed by atoms with van der Waals surface area (Å²) in [5.41, 5.74) is 5.64. The Morgan fingerprint density at radius 3 is 2.50 bits per heavy atom. The maximum atomic E-state index is 13.2. The zero-order chi connectivity index (χ0) is 10.3. The van der Waals surface area contributed by atoms with E-state index in [0.717, 1.165) is 12.5 Å². The first-order valence-electron chi connectivity index (χ1n) is 4.48. The Bertz CT molecular complexity index is 365. The van der Waals surface area contributed by atoms with E-state index in [1.165, 1.54) is 6.07 Å². The predicted molar refractivity (Wildman–Crippen MR) is 46.2 cm³/mol. The quantitative estimate of drug-likeness (QED) is 0.729. The summed E-state index contributed by atoms with van der Waals surface area (Å²) in [7, 11) is 0. The molecule has 0 aromatic heterocycles. The Morgan fingerprint density at radius 1 is 1.21 bits per heavy atom.